The van der Waals surface area contributed by atoms with Crippen LogP contribution in [0.15, 0.2) is 24.5 Å². The van der Waals surface area contributed by atoms with E-state index in [2.05, 4.69) is 15.3 Å². The highest BCUT2D eigenvalue weighted by Gasteiger charge is 2.29. The Kier molecular flexibility index (Phi) is 6.03. The maximum atomic E-state index is 15.4. The van der Waals surface area contributed by atoms with Crippen LogP contribution in [0.4, 0.5) is 25.5 Å². The molecule has 3 aromatic rings. The zero-order valence-corrected chi connectivity index (χ0v) is 19.3. The molecule has 0 bridgehead atoms. The summed E-state index contributed by atoms with van der Waals surface area (Å²) in [6, 6.07) is 3.09. The van der Waals surface area contributed by atoms with Gasteiger partial charge in [0.05, 0.1) is 24.8 Å². The van der Waals surface area contributed by atoms with Crippen molar-refractivity contribution in [3.8, 4) is 17.0 Å². The van der Waals surface area contributed by atoms with Crippen molar-refractivity contribution in [3.05, 3.63) is 40.9 Å². The smallest absolute Gasteiger partial charge is 0.413 e. The quantitative estimate of drug-likeness (QED) is 0.532. The molecule has 1 atom stereocenters. The van der Waals surface area contributed by atoms with Crippen molar-refractivity contribution in [3.63, 3.8) is 0 Å². The van der Waals surface area contributed by atoms with E-state index >= 15 is 4.39 Å². The van der Waals surface area contributed by atoms with Crippen molar-refractivity contribution >= 4 is 46.1 Å². The Morgan fingerprint density at radius 2 is 2.09 bits per heavy atom. The molecule has 1 saturated heterocycles. The number of aromatic nitrogens is 2. The summed E-state index contributed by atoms with van der Waals surface area (Å²) in [5.41, 5.74) is 1.21. The first-order valence-electron chi connectivity index (χ1n) is 10.8. The summed E-state index contributed by atoms with van der Waals surface area (Å²) in [5, 5.41) is 12.8. The van der Waals surface area contributed by atoms with E-state index in [0.29, 0.717) is 41.5 Å². The highest BCUT2D eigenvalue weighted by Crippen LogP contribution is 2.41. The number of carboxylic acid groups (broad SMARTS) is 1. The normalized spacial score (nSPS) is 17.1. The van der Waals surface area contributed by atoms with Crippen LogP contribution in [0.2, 0.25) is 5.02 Å². The molecule has 2 aromatic heterocycles. The lowest BCUT2D eigenvalue weighted by Gasteiger charge is -2.28. The molecule has 35 heavy (non-hydrogen) atoms. The number of halogens is 2. The van der Waals surface area contributed by atoms with Gasteiger partial charge >= 0.3 is 12.2 Å². The monoisotopic (exact) mass is 502 g/mol. The molecule has 2 aliphatic heterocycles. The molecular weight excluding hydrogens is 483 g/mol. The van der Waals surface area contributed by atoms with Crippen molar-refractivity contribution < 1.29 is 33.3 Å². The number of benzene rings is 1. The van der Waals surface area contributed by atoms with Crippen LogP contribution in [-0.4, -0.2) is 59.7 Å². The van der Waals surface area contributed by atoms with E-state index < -0.39 is 18.0 Å². The summed E-state index contributed by atoms with van der Waals surface area (Å²) in [7, 11) is 0. The van der Waals surface area contributed by atoms with Crippen LogP contribution < -0.4 is 15.0 Å². The lowest BCUT2D eigenvalue weighted by Crippen LogP contribution is -2.37. The number of nitrogens with zero attached hydrogens (tertiary/aromatic N) is 3. The van der Waals surface area contributed by atoms with Crippen LogP contribution in [0.25, 0.3) is 21.9 Å². The predicted octanol–water partition coefficient (Wildman–Crippen LogP) is 4.61. The van der Waals surface area contributed by atoms with E-state index in [9.17, 15) is 14.7 Å². The molecule has 1 aromatic carbocycles. The number of anilines is 2. The molecule has 182 valence electrons. The standard InChI is InChI=1S/C23H20ClFN4O6/c1-11-15(8-27-21-20(11)29(23(31)32)3-5-34-21)14-6-12-7-17(26-9-16(12)18(24)19(14)25)28-22(30)35-13-2-4-33-10-13/h6-9,13H,2-5,10H2,1H3,(H,31,32)(H,26,28,30). The first-order chi connectivity index (χ1) is 16.8. The Bertz CT molecular complexity index is 1350. The summed E-state index contributed by atoms with van der Waals surface area (Å²) in [6.45, 7) is 2.83. The SMILES string of the molecule is Cc1c(-c2cc3cc(NC(=O)OC4CCOC4)ncc3c(Cl)c2F)cnc2c1N(C(=O)O)CCO2. The molecule has 0 spiro atoms. The second-order valence-corrected chi connectivity index (χ2v) is 8.47. The average Bonchev–Trinajstić information content (AvgIpc) is 3.34. The van der Waals surface area contributed by atoms with Gasteiger partial charge in [0.1, 0.15) is 30.0 Å². The summed E-state index contributed by atoms with van der Waals surface area (Å²) in [6.07, 6.45) is 1.24. The van der Waals surface area contributed by atoms with Gasteiger partial charge in [-0.2, -0.15) is 0 Å². The number of hydrogen-bond acceptors (Lipinski definition) is 7. The van der Waals surface area contributed by atoms with Gasteiger partial charge in [-0.15, -0.1) is 0 Å². The van der Waals surface area contributed by atoms with Crippen LogP contribution >= 0.6 is 11.6 Å². The maximum Gasteiger partial charge on any atom is 0.413 e. The van der Waals surface area contributed by atoms with Gasteiger partial charge in [0.2, 0.25) is 5.88 Å². The largest absolute Gasteiger partial charge is 0.474 e. The topological polar surface area (TPSA) is 123 Å². The molecular formula is C23H20ClFN4O6. The number of rotatable bonds is 3. The third-order valence-electron chi connectivity index (χ3n) is 5.91. The van der Waals surface area contributed by atoms with Gasteiger partial charge in [-0.05, 0) is 30.0 Å². The highest BCUT2D eigenvalue weighted by molar-refractivity contribution is 6.36. The number of hydrogen-bond donors (Lipinski definition) is 2. The molecule has 0 saturated carbocycles. The molecule has 2 N–H and O–H groups in total. The first-order valence-corrected chi connectivity index (χ1v) is 11.2. The minimum Gasteiger partial charge on any atom is -0.474 e. The molecule has 0 aliphatic carbocycles. The third-order valence-corrected chi connectivity index (χ3v) is 6.28. The lowest BCUT2D eigenvalue weighted by molar-refractivity contribution is 0.0931. The first kappa shape index (κ1) is 23.1. The fraction of sp³-hybridized carbons (Fsp3) is 0.304. The van der Waals surface area contributed by atoms with Gasteiger partial charge in [0.25, 0.3) is 0 Å². The minimum atomic E-state index is -1.16. The molecule has 4 heterocycles. The predicted molar refractivity (Wildman–Crippen MR) is 125 cm³/mol. The van der Waals surface area contributed by atoms with E-state index in [-0.39, 0.29) is 47.2 Å². The van der Waals surface area contributed by atoms with Gasteiger partial charge in [0, 0.05) is 35.3 Å². The highest BCUT2D eigenvalue weighted by atomic mass is 35.5. The summed E-state index contributed by atoms with van der Waals surface area (Å²) in [5.74, 6) is -0.347. The fourth-order valence-electron chi connectivity index (χ4n) is 4.19. The molecule has 2 aliphatic rings. The Morgan fingerprint density at radius 3 is 2.83 bits per heavy atom. The van der Waals surface area contributed by atoms with E-state index in [1.165, 1.54) is 12.4 Å². The lowest BCUT2D eigenvalue weighted by atomic mass is 9.97. The zero-order valence-electron chi connectivity index (χ0n) is 18.5. The van der Waals surface area contributed by atoms with Gasteiger partial charge < -0.3 is 19.3 Å². The Morgan fingerprint density at radius 1 is 1.26 bits per heavy atom. The van der Waals surface area contributed by atoms with E-state index in [1.54, 1.807) is 19.1 Å². The Labute approximate surface area is 203 Å². The average molecular weight is 503 g/mol. The molecule has 2 amide bonds. The number of nitrogens with one attached hydrogen (secondary N) is 1. The number of ether oxygens (including phenoxy) is 3. The second kappa shape index (κ2) is 9.16. The fourth-order valence-corrected chi connectivity index (χ4v) is 4.45. The molecule has 1 unspecified atom stereocenters. The number of amides is 2. The van der Waals surface area contributed by atoms with Crippen molar-refractivity contribution in [1.29, 1.82) is 0 Å². The van der Waals surface area contributed by atoms with E-state index in [0.717, 1.165) is 4.90 Å². The summed E-state index contributed by atoms with van der Waals surface area (Å²) < 4.78 is 31.3. The second-order valence-electron chi connectivity index (χ2n) is 8.09. The van der Waals surface area contributed by atoms with Crippen LogP contribution in [-0.2, 0) is 9.47 Å². The van der Waals surface area contributed by atoms with Gasteiger partial charge in [-0.3, -0.25) is 10.2 Å². The van der Waals surface area contributed by atoms with Gasteiger partial charge in [-0.1, -0.05) is 11.6 Å². The van der Waals surface area contributed by atoms with Crippen LogP contribution in [0.1, 0.15) is 12.0 Å². The Balaban J connectivity index is 1.53. The summed E-state index contributed by atoms with van der Waals surface area (Å²) >= 11 is 6.34. The van der Waals surface area contributed by atoms with Gasteiger partial charge in [0.15, 0.2) is 0 Å². The van der Waals surface area contributed by atoms with Crippen molar-refractivity contribution in [1.82, 2.24) is 9.97 Å². The van der Waals surface area contributed by atoms with E-state index in [4.69, 9.17) is 25.8 Å². The number of carbonyl (C=O) groups excluding carboxylic acids is 1. The van der Waals surface area contributed by atoms with Crippen LogP contribution in [0.5, 0.6) is 5.88 Å². The third kappa shape index (κ3) is 4.28. The number of carbonyl (C=O) groups is 2. The number of fused-ring (bicyclic) bond motifs is 2. The van der Waals surface area contributed by atoms with Crippen molar-refractivity contribution in [2.45, 2.75) is 19.4 Å². The molecule has 5 rings (SSSR count). The zero-order chi connectivity index (χ0) is 24.7. The van der Waals surface area contributed by atoms with Crippen LogP contribution in [0, 0.1) is 12.7 Å². The van der Waals surface area contributed by atoms with Crippen LogP contribution in [0.3, 0.4) is 0 Å². The van der Waals surface area contributed by atoms with Crippen molar-refractivity contribution in [2.24, 2.45) is 0 Å². The summed E-state index contributed by atoms with van der Waals surface area (Å²) in [4.78, 5) is 33.4. The maximum absolute atomic E-state index is 15.4. The molecule has 12 heteroatoms. The minimum absolute atomic E-state index is 0.119. The van der Waals surface area contributed by atoms with Crippen molar-refractivity contribution in [2.75, 3.05) is 36.6 Å². The van der Waals surface area contributed by atoms with E-state index in [1.807, 2.05) is 0 Å². The Hall–Kier alpha value is -3.70. The molecule has 0 radical (unpaired) electrons. The number of pyridine rings is 2. The molecule has 10 nitrogen and oxygen atoms in total. The molecule has 1 fully saturated rings. The van der Waals surface area contributed by atoms with Gasteiger partial charge in [-0.25, -0.2) is 23.9 Å².